The Balaban J connectivity index is 4.97. The maximum atomic E-state index is 13.7. The molecule has 0 heterocycles. The number of hydrogen-bond acceptors (Lipinski definition) is 7. The molecule has 3 atom stereocenters. The highest BCUT2D eigenvalue weighted by Crippen LogP contribution is 2.38. The van der Waals surface area contributed by atoms with E-state index in [1.165, 1.54) is 283 Å². The van der Waals surface area contributed by atoms with Gasteiger partial charge in [-0.05, 0) is 76.7 Å². The molecule has 0 aliphatic carbocycles. The maximum Gasteiger partial charge on any atom is 0.306 e. The zero-order chi connectivity index (χ0) is 66.3. The van der Waals surface area contributed by atoms with Gasteiger partial charge in [-0.15, -0.1) is 0 Å². The minimum atomic E-state index is -4.71. The largest absolute Gasteiger partial charge is 0.756 e. The fourth-order valence-corrected chi connectivity index (χ4v) is 12.6. The van der Waals surface area contributed by atoms with Crippen molar-refractivity contribution >= 4 is 19.7 Å². The summed E-state index contributed by atoms with van der Waals surface area (Å²) in [5.74, 6) is -0.525. The Hall–Kier alpha value is -2.29. The van der Waals surface area contributed by atoms with Crippen LogP contribution in [0.15, 0.2) is 60.8 Å². The van der Waals surface area contributed by atoms with E-state index in [0.717, 1.165) is 77.0 Å². The molecule has 1 N–H and O–H groups in total. The minimum absolute atomic E-state index is 0.0218. The lowest BCUT2D eigenvalue weighted by atomic mass is 10.0. The predicted molar refractivity (Wildman–Crippen MR) is 395 cm³/mol. The molecule has 0 fully saturated rings. The summed E-state index contributed by atoms with van der Waals surface area (Å²) < 4.78 is 30.6. The van der Waals surface area contributed by atoms with E-state index in [2.05, 4.69) is 74.7 Å². The average molecular weight is 1300 g/mol. The second-order valence-corrected chi connectivity index (χ2v) is 29.6. The van der Waals surface area contributed by atoms with Gasteiger partial charge in [0.25, 0.3) is 7.82 Å². The van der Waals surface area contributed by atoms with Gasteiger partial charge >= 0.3 is 5.97 Å². The second-order valence-electron chi connectivity index (χ2n) is 28.2. The Kier molecular flexibility index (Phi) is 68.7. The van der Waals surface area contributed by atoms with Gasteiger partial charge in [0.05, 0.1) is 33.8 Å². The summed E-state index contributed by atoms with van der Waals surface area (Å²) in [5.41, 5.74) is 0. The lowest BCUT2D eigenvalue weighted by molar-refractivity contribution is -0.870. The average Bonchev–Trinajstić information content (AvgIpc) is 3.45. The number of rotatable bonds is 73. The molecule has 0 aromatic carbocycles. The number of nitrogens with zero attached hydrogens (tertiary/aromatic N) is 1. The number of quaternary nitrogens is 1. The number of nitrogens with one attached hydrogen (secondary N) is 1. The number of carbonyl (C=O) groups is 2. The highest BCUT2D eigenvalue weighted by atomic mass is 31.2. The zero-order valence-electron chi connectivity index (χ0n) is 61.3. The molecule has 0 aliphatic rings. The van der Waals surface area contributed by atoms with Crippen molar-refractivity contribution in [1.82, 2.24) is 5.32 Å². The number of hydrogen-bond donors (Lipinski definition) is 1. The number of phosphoric acid groups is 1. The van der Waals surface area contributed by atoms with Crippen LogP contribution in [0.2, 0.25) is 0 Å². The molecule has 0 aliphatic heterocycles. The van der Waals surface area contributed by atoms with Crippen LogP contribution < -0.4 is 10.2 Å². The third-order valence-electron chi connectivity index (χ3n) is 18.0. The van der Waals surface area contributed by atoms with Crippen molar-refractivity contribution < 1.29 is 37.3 Å². The number of esters is 1. The van der Waals surface area contributed by atoms with Crippen LogP contribution in [0.25, 0.3) is 0 Å². The first-order valence-corrected chi connectivity index (χ1v) is 41.1. The molecule has 0 saturated carbocycles. The van der Waals surface area contributed by atoms with Gasteiger partial charge in [0, 0.05) is 12.8 Å². The van der Waals surface area contributed by atoms with Crippen LogP contribution >= 0.6 is 7.82 Å². The van der Waals surface area contributed by atoms with E-state index >= 15 is 0 Å². The van der Waals surface area contributed by atoms with Crippen molar-refractivity contribution in [2.75, 3.05) is 40.9 Å². The topological polar surface area (TPSA) is 114 Å². The van der Waals surface area contributed by atoms with Gasteiger partial charge < -0.3 is 28.5 Å². The summed E-state index contributed by atoms with van der Waals surface area (Å²) in [6, 6.07) is -0.891. The van der Waals surface area contributed by atoms with E-state index in [4.69, 9.17) is 13.8 Å². The number of phosphoric ester groups is 1. The van der Waals surface area contributed by atoms with Gasteiger partial charge in [-0.3, -0.25) is 14.2 Å². The van der Waals surface area contributed by atoms with Gasteiger partial charge in [0.1, 0.15) is 19.3 Å². The monoisotopic (exact) mass is 1300 g/mol. The molecule has 9 nitrogen and oxygen atoms in total. The summed E-state index contributed by atoms with van der Waals surface area (Å²) >= 11 is 0. The van der Waals surface area contributed by atoms with Crippen LogP contribution in [-0.2, 0) is 27.9 Å². The normalized spacial score (nSPS) is 13.7. The molecule has 0 saturated heterocycles. The van der Waals surface area contributed by atoms with Crippen molar-refractivity contribution in [2.45, 2.75) is 405 Å². The Morgan fingerprint density at radius 3 is 1.02 bits per heavy atom. The van der Waals surface area contributed by atoms with Crippen LogP contribution in [0.1, 0.15) is 393 Å². The number of amides is 1. The molecule has 1 amide bonds. The van der Waals surface area contributed by atoms with E-state index < -0.39 is 20.0 Å². The summed E-state index contributed by atoms with van der Waals surface area (Å²) in [4.78, 5) is 40.3. The molecule has 534 valence electrons. The molecule has 0 aromatic rings. The van der Waals surface area contributed by atoms with E-state index in [0.29, 0.717) is 17.4 Å². The van der Waals surface area contributed by atoms with Gasteiger partial charge in [0.15, 0.2) is 0 Å². The zero-order valence-corrected chi connectivity index (χ0v) is 62.2. The van der Waals surface area contributed by atoms with Crippen LogP contribution in [0.3, 0.4) is 0 Å². The van der Waals surface area contributed by atoms with Crippen LogP contribution in [-0.4, -0.2) is 69.4 Å². The molecule has 91 heavy (non-hydrogen) atoms. The Labute approximate surface area is 566 Å². The van der Waals surface area contributed by atoms with Gasteiger partial charge in [-0.2, -0.15) is 0 Å². The predicted octanol–water partition coefficient (Wildman–Crippen LogP) is 25.1. The number of carbonyl (C=O) groups excluding carboxylic acids is 2. The first-order valence-electron chi connectivity index (χ1n) is 39.6. The van der Waals surface area contributed by atoms with Crippen LogP contribution in [0.5, 0.6) is 0 Å². The summed E-state index contributed by atoms with van der Waals surface area (Å²) in [7, 11) is 1.20. The second kappa shape index (κ2) is 70.5. The van der Waals surface area contributed by atoms with Gasteiger partial charge in [-0.1, -0.05) is 364 Å². The molecular weight excluding hydrogens is 1140 g/mol. The molecule has 10 heteroatoms. The highest BCUT2D eigenvalue weighted by molar-refractivity contribution is 7.45. The number of unbranched alkanes of at least 4 members (excludes halogenated alkanes) is 49. The first kappa shape index (κ1) is 88.7. The van der Waals surface area contributed by atoms with E-state index in [1.54, 1.807) is 0 Å². The Morgan fingerprint density at radius 1 is 0.385 bits per heavy atom. The third kappa shape index (κ3) is 71.8. The fourth-order valence-electron chi connectivity index (χ4n) is 11.9. The number of ether oxygens (including phenoxy) is 1. The molecule has 0 rings (SSSR count). The van der Waals surface area contributed by atoms with Crippen LogP contribution in [0, 0.1) is 0 Å². The summed E-state index contributed by atoms with van der Waals surface area (Å²) in [5, 5.41) is 3.06. The molecule has 0 aromatic heterocycles. The molecule has 0 spiro atoms. The molecule has 3 unspecified atom stereocenters. The van der Waals surface area contributed by atoms with E-state index in [9.17, 15) is 19.0 Å². The van der Waals surface area contributed by atoms with Gasteiger partial charge in [-0.25, -0.2) is 0 Å². The number of allylic oxidation sites excluding steroid dienone is 9. The fraction of sp³-hybridized carbons (Fsp3) is 0.852. The summed E-state index contributed by atoms with van der Waals surface area (Å²) in [6.07, 6.45) is 92.2. The van der Waals surface area contributed by atoms with E-state index in [1.807, 2.05) is 33.3 Å². The number of likely N-dealkylation sites (N-methyl/N-ethyl adjacent to an activating group) is 1. The smallest absolute Gasteiger partial charge is 0.306 e. The lowest BCUT2D eigenvalue weighted by Crippen LogP contribution is -2.47. The Morgan fingerprint density at radius 2 is 0.670 bits per heavy atom. The van der Waals surface area contributed by atoms with Gasteiger partial charge in [0.2, 0.25) is 5.91 Å². The van der Waals surface area contributed by atoms with Crippen molar-refractivity contribution in [1.29, 1.82) is 0 Å². The standard InChI is InChI=1S/C81H153N2O7P/c1-7-10-13-16-19-22-25-28-30-32-34-36-38-40-41-43-44-46-48-50-52-55-58-61-64-67-70-73-80(84)82-78(77-89-91(86,87)88-76-75-83(4,5)6)79(72-69-66-63-60-57-54-27-24-21-18-15-12-9-3)90-81(85)74-71-68-65-62-59-56-53-51-49-47-45-42-39-37-35-33-31-29-26-23-20-17-14-11-8-2/h19,22,28,30,34,36,40-41,69,72,78-79H,7-18,20-21,23-27,29,31-33,35,37-39,42-68,70-71,73-77H2,1-6H3,(H-,82,84,86,87)/b22-19-,30-28-,36-34-,41-40-,72-69+. The highest BCUT2D eigenvalue weighted by Gasteiger charge is 2.27. The van der Waals surface area contributed by atoms with Crippen molar-refractivity contribution in [2.24, 2.45) is 0 Å². The molecule has 0 radical (unpaired) electrons. The maximum absolute atomic E-state index is 13.7. The molecular formula is C81H153N2O7P. The summed E-state index contributed by atoms with van der Waals surface area (Å²) in [6.45, 7) is 6.88. The van der Waals surface area contributed by atoms with Crippen molar-refractivity contribution in [3.63, 3.8) is 0 Å². The lowest BCUT2D eigenvalue weighted by Gasteiger charge is -2.30. The minimum Gasteiger partial charge on any atom is -0.756 e. The van der Waals surface area contributed by atoms with Crippen molar-refractivity contribution in [3.05, 3.63) is 60.8 Å². The first-order chi connectivity index (χ1) is 44.4. The Bertz CT molecular complexity index is 1740. The van der Waals surface area contributed by atoms with E-state index in [-0.39, 0.29) is 31.5 Å². The van der Waals surface area contributed by atoms with Crippen LogP contribution in [0.4, 0.5) is 0 Å². The molecule has 0 bridgehead atoms. The third-order valence-corrected chi connectivity index (χ3v) is 18.9. The van der Waals surface area contributed by atoms with Crippen molar-refractivity contribution in [3.8, 4) is 0 Å². The quantitative estimate of drug-likeness (QED) is 0.0212. The SMILES string of the molecule is CCCCC/C=C\C/C=C\C/C=C\C/C=C\CCCCCCCCCCCCCC(=O)NC(COP(=O)([O-])OCC[N+](C)(C)C)C(/C=C/CCCCCCCCCCCCC)OC(=O)CCCCCCCCCCCCCCCCCCCCCCCCCCC.